The Kier molecular flexibility index (Phi) is 2.58. The van der Waals surface area contributed by atoms with Crippen molar-refractivity contribution in [2.75, 3.05) is 0 Å². The van der Waals surface area contributed by atoms with Gasteiger partial charge in [-0.05, 0) is 25.5 Å². The van der Waals surface area contributed by atoms with Crippen LogP contribution < -0.4 is 0 Å². The Labute approximate surface area is 90.6 Å². The highest BCUT2D eigenvalue weighted by atomic mass is 15.3. The molecule has 0 aliphatic heterocycles. The molecule has 0 fully saturated rings. The monoisotopic (exact) mass is 199 g/mol. The van der Waals surface area contributed by atoms with Crippen molar-refractivity contribution in [2.45, 2.75) is 20.3 Å². The quantitative estimate of drug-likeness (QED) is 0.726. The average molecular weight is 199 g/mol. The summed E-state index contributed by atoms with van der Waals surface area (Å²) in [5.41, 5.74) is 5.03. The van der Waals surface area contributed by atoms with E-state index in [1.807, 2.05) is 23.9 Å². The number of aryl methyl sites for hydroxylation is 2. The molecule has 0 aliphatic carbocycles. The van der Waals surface area contributed by atoms with Crippen LogP contribution in [0.4, 0.5) is 0 Å². The van der Waals surface area contributed by atoms with Gasteiger partial charge in [0.05, 0.1) is 5.69 Å². The normalized spacial score (nSPS) is 10.6. The first-order chi connectivity index (χ1) is 7.18. The van der Waals surface area contributed by atoms with Crippen LogP contribution in [0.15, 0.2) is 24.3 Å². The van der Waals surface area contributed by atoms with E-state index in [2.05, 4.69) is 37.1 Å². The molecular weight excluding hydrogens is 184 g/mol. The Morgan fingerprint density at radius 1 is 1.27 bits per heavy atom. The molecule has 0 unspecified atom stereocenters. The van der Waals surface area contributed by atoms with Crippen molar-refractivity contribution in [3.05, 3.63) is 52.8 Å². The van der Waals surface area contributed by atoms with E-state index in [9.17, 15) is 0 Å². The van der Waals surface area contributed by atoms with Gasteiger partial charge >= 0.3 is 0 Å². The molecule has 1 heterocycles. The highest BCUT2D eigenvalue weighted by Gasteiger charge is 2.09. The molecule has 0 atom stereocenters. The zero-order valence-corrected chi connectivity index (χ0v) is 9.41. The Balaban J connectivity index is 2.32. The summed E-state index contributed by atoms with van der Waals surface area (Å²) in [4.78, 5) is 0. The second kappa shape index (κ2) is 3.89. The summed E-state index contributed by atoms with van der Waals surface area (Å²) >= 11 is 0. The molecule has 2 aromatic rings. The summed E-state index contributed by atoms with van der Waals surface area (Å²) in [6.07, 6.45) is 0.959. The Hall–Kier alpha value is -1.57. The summed E-state index contributed by atoms with van der Waals surface area (Å²) in [7, 11) is 1.99. The fourth-order valence-corrected chi connectivity index (χ4v) is 1.82. The second-order valence-electron chi connectivity index (χ2n) is 3.86. The first-order valence-corrected chi connectivity index (χ1v) is 5.12. The number of hydrogen-bond donors (Lipinski definition) is 0. The minimum Gasteiger partial charge on any atom is -0.272 e. The molecule has 1 aromatic carbocycles. The lowest BCUT2D eigenvalue weighted by molar-refractivity contribution is 0.730. The zero-order chi connectivity index (χ0) is 10.8. The molecule has 15 heavy (non-hydrogen) atoms. The molecule has 0 N–H and O–H groups in total. The van der Waals surface area contributed by atoms with Crippen molar-refractivity contribution >= 4 is 0 Å². The molecule has 2 heteroatoms. The Bertz CT molecular complexity index is 455. The van der Waals surface area contributed by atoms with Crippen molar-refractivity contribution < 1.29 is 0 Å². The largest absolute Gasteiger partial charge is 0.272 e. The maximum atomic E-state index is 4.42. The molecule has 2 rings (SSSR count). The Morgan fingerprint density at radius 2 is 1.93 bits per heavy atom. The molecule has 0 spiro atoms. The van der Waals surface area contributed by atoms with Crippen molar-refractivity contribution in [1.82, 2.24) is 9.78 Å². The summed E-state index contributed by atoms with van der Waals surface area (Å²) in [5, 5.41) is 4.42. The minimum atomic E-state index is 0.959. The first-order valence-electron chi connectivity index (χ1n) is 5.12. The van der Waals surface area contributed by atoms with Crippen LogP contribution in [0.5, 0.6) is 0 Å². The minimum absolute atomic E-state index is 0.959. The lowest BCUT2D eigenvalue weighted by Gasteiger charge is -2.01. The van der Waals surface area contributed by atoms with Gasteiger partial charge in [-0.1, -0.05) is 24.3 Å². The Morgan fingerprint density at radius 3 is 2.47 bits per heavy atom. The fraction of sp³-hybridized carbons (Fsp3) is 0.308. The molecule has 77 valence electrons. The molecule has 1 radical (unpaired) electrons. The molecule has 0 saturated carbocycles. The summed E-state index contributed by atoms with van der Waals surface area (Å²) in [5.74, 6) is 0. The maximum Gasteiger partial charge on any atom is 0.0631 e. The van der Waals surface area contributed by atoms with Gasteiger partial charge in [-0.2, -0.15) is 5.10 Å². The van der Waals surface area contributed by atoms with Crippen molar-refractivity contribution in [1.29, 1.82) is 0 Å². The van der Waals surface area contributed by atoms with Gasteiger partial charge in [0.2, 0.25) is 0 Å². The van der Waals surface area contributed by atoms with Crippen LogP contribution in [-0.2, 0) is 13.5 Å². The smallest absolute Gasteiger partial charge is 0.0631 e. The topological polar surface area (TPSA) is 17.8 Å². The van der Waals surface area contributed by atoms with Crippen LogP contribution in [0.2, 0.25) is 0 Å². The number of aromatic nitrogens is 2. The predicted molar refractivity (Wildman–Crippen MR) is 60.8 cm³/mol. The summed E-state index contributed by atoms with van der Waals surface area (Å²) < 4.78 is 1.94. The third-order valence-electron chi connectivity index (χ3n) is 2.83. The van der Waals surface area contributed by atoms with Crippen molar-refractivity contribution in [2.24, 2.45) is 7.05 Å². The third-order valence-corrected chi connectivity index (χ3v) is 2.83. The van der Waals surface area contributed by atoms with Crippen molar-refractivity contribution in [3.8, 4) is 0 Å². The van der Waals surface area contributed by atoms with Gasteiger partial charge in [-0.15, -0.1) is 0 Å². The number of benzene rings is 1. The third kappa shape index (κ3) is 1.94. The van der Waals surface area contributed by atoms with Crippen LogP contribution in [0.3, 0.4) is 0 Å². The van der Waals surface area contributed by atoms with E-state index < -0.39 is 0 Å². The molecule has 0 aliphatic rings. The predicted octanol–water partition coefficient (Wildman–Crippen LogP) is 2.43. The van der Waals surface area contributed by atoms with E-state index in [1.165, 1.54) is 16.8 Å². The number of hydrogen-bond acceptors (Lipinski definition) is 1. The zero-order valence-electron chi connectivity index (χ0n) is 9.41. The van der Waals surface area contributed by atoms with Gasteiger partial charge in [0, 0.05) is 24.7 Å². The number of nitrogens with zero attached hydrogens (tertiary/aromatic N) is 2. The van der Waals surface area contributed by atoms with Crippen LogP contribution in [-0.4, -0.2) is 9.78 Å². The second-order valence-corrected chi connectivity index (χ2v) is 3.86. The standard InChI is InChI=1S/C13H15N2/c1-10-13(11(2)15(3)14-10)9-12-7-5-4-6-8-12/h5-8H,9H2,1-3H3. The molecule has 2 nitrogen and oxygen atoms in total. The molecule has 1 aromatic heterocycles. The summed E-state index contributed by atoms with van der Waals surface area (Å²) in [6, 6.07) is 11.1. The van der Waals surface area contributed by atoms with E-state index in [0.29, 0.717) is 0 Å². The average Bonchev–Trinajstić information content (AvgIpc) is 2.47. The van der Waals surface area contributed by atoms with E-state index in [4.69, 9.17) is 0 Å². The van der Waals surface area contributed by atoms with E-state index in [-0.39, 0.29) is 0 Å². The van der Waals surface area contributed by atoms with Gasteiger partial charge in [0.15, 0.2) is 0 Å². The van der Waals surface area contributed by atoms with Gasteiger partial charge in [-0.3, -0.25) is 4.68 Å². The maximum absolute atomic E-state index is 4.42. The lowest BCUT2D eigenvalue weighted by Crippen LogP contribution is -1.94. The van der Waals surface area contributed by atoms with Gasteiger partial charge in [0.25, 0.3) is 0 Å². The fourth-order valence-electron chi connectivity index (χ4n) is 1.82. The van der Waals surface area contributed by atoms with Gasteiger partial charge in [-0.25, -0.2) is 0 Å². The van der Waals surface area contributed by atoms with Crippen LogP contribution >= 0.6 is 0 Å². The lowest BCUT2D eigenvalue weighted by atomic mass is 10.0. The highest BCUT2D eigenvalue weighted by molar-refractivity contribution is 5.31. The van der Waals surface area contributed by atoms with E-state index in [0.717, 1.165) is 12.1 Å². The van der Waals surface area contributed by atoms with Crippen LogP contribution in [0.25, 0.3) is 0 Å². The van der Waals surface area contributed by atoms with E-state index >= 15 is 0 Å². The van der Waals surface area contributed by atoms with Crippen molar-refractivity contribution in [3.63, 3.8) is 0 Å². The molecule has 0 bridgehead atoms. The highest BCUT2D eigenvalue weighted by Crippen LogP contribution is 2.16. The summed E-state index contributed by atoms with van der Waals surface area (Å²) in [6.45, 7) is 4.18. The SMILES string of the molecule is Cc1nn(C)c(C)c1Cc1cc[c]cc1. The van der Waals surface area contributed by atoms with E-state index in [1.54, 1.807) is 0 Å². The van der Waals surface area contributed by atoms with Gasteiger partial charge < -0.3 is 0 Å². The van der Waals surface area contributed by atoms with Crippen LogP contribution in [0.1, 0.15) is 22.5 Å². The first kappa shape index (κ1) is 9.97. The molecule has 0 saturated heterocycles. The number of rotatable bonds is 2. The molecular formula is C13H15N2. The van der Waals surface area contributed by atoms with Crippen LogP contribution in [0, 0.1) is 19.9 Å². The van der Waals surface area contributed by atoms with Gasteiger partial charge in [0.1, 0.15) is 0 Å². The molecule has 0 amide bonds.